The average molecular weight is 282 g/mol. The second-order valence-corrected chi connectivity index (χ2v) is 4.39. The van der Waals surface area contributed by atoms with E-state index in [9.17, 15) is 19.1 Å². The normalized spacial score (nSPS) is 10.2. The number of carbonyl (C=O) groups is 2. The molecule has 0 saturated carbocycles. The Bertz CT molecular complexity index is 501. The molecule has 2 amide bonds. The molecular weight excluding hydrogens is 263 g/mol. The maximum Gasteiger partial charge on any atom is 0.257 e. The average Bonchev–Trinajstić information content (AvgIpc) is 2.42. The summed E-state index contributed by atoms with van der Waals surface area (Å²) in [6.45, 7) is 4.70. The van der Waals surface area contributed by atoms with Crippen molar-refractivity contribution in [1.29, 1.82) is 0 Å². The van der Waals surface area contributed by atoms with Gasteiger partial charge in [0.05, 0.1) is 12.1 Å². The highest BCUT2D eigenvalue weighted by atomic mass is 19.1. The van der Waals surface area contributed by atoms with Gasteiger partial charge in [0.25, 0.3) is 5.91 Å². The van der Waals surface area contributed by atoms with Crippen LogP contribution in [0.4, 0.5) is 4.39 Å². The molecule has 0 aromatic heterocycles. The van der Waals surface area contributed by atoms with Crippen LogP contribution in [0.1, 0.15) is 24.2 Å². The van der Waals surface area contributed by atoms with Crippen LogP contribution >= 0.6 is 0 Å². The fourth-order valence-electron chi connectivity index (χ4n) is 1.84. The van der Waals surface area contributed by atoms with Crippen LogP contribution in [0.5, 0.6) is 5.75 Å². The van der Waals surface area contributed by atoms with Crippen LogP contribution in [0.3, 0.4) is 0 Å². The Hall–Kier alpha value is -2.11. The van der Waals surface area contributed by atoms with Gasteiger partial charge >= 0.3 is 0 Å². The SMILES string of the molecule is CCN(CC)C(=O)CN(C)C(=O)c1cc(F)ccc1O. The van der Waals surface area contributed by atoms with Crippen molar-refractivity contribution in [3.63, 3.8) is 0 Å². The van der Waals surface area contributed by atoms with Crippen molar-refractivity contribution >= 4 is 11.8 Å². The molecule has 110 valence electrons. The highest BCUT2D eigenvalue weighted by Crippen LogP contribution is 2.19. The van der Waals surface area contributed by atoms with E-state index < -0.39 is 11.7 Å². The predicted molar refractivity (Wildman–Crippen MR) is 73.0 cm³/mol. The molecule has 0 bridgehead atoms. The number of hydrogen-bond acceptors (Lipinski definition) is 3. The molecule has 1 rings (SSSR count). The minimum absolute atomic E-state index is 0.115. The second-order valence-electron chi connectivity index (χ2n) is 4.39. The first kappa shape index (κ1) is 15.9. The Morgan fingerprint density at radius 3 is 2.40 bits per heavy atom. The van der Waals surface area contributed by atoms with Gasteiger partial charge in [-0.15, -0.1) is 0 Å². The molecule has 1 N–H and O–H groups in total. The van der Waals surface area contributed by atoms with Crippen molar-refractivity contribution in [2.75, 3.05) is 26.7 Å². The summed E-state index contributed by atoms with van der Waals surface area (Å²) in [6, 6.07) is 3.13. The summed E-state index contributed by atoms with van der Waals surface area (Å²) >= 11 is 0. The number of phenols is 1. The van der Waals surface area contributed by atoms with Crippen LogP contribution in [0.2, 0.25) is 0 Å². The first-order valence-corrected chi connectivity index (χ1v) is 6.42. The van der Waals surface area contributed by atoms with E-state index >= 15 is 0 Å². The smallest absolute Gasteiger partial charge is 0.257 e. The van der Waals surface area contributed by atoms with Crippen molar-refractivity contribution in [3.05, 3.63) is 29.6 Å². The number of halogens is 1. The van der Waals surface area contributed by atoms with E-state index in [1.165, 1.54) is 7.05 Å². The third kappa shape index (κ3) is 3.69. The minimum Gasteiger partial charge on any atom is -0.507 e. The lowest BCUT2D eigenvalue weighted by molar-refractivity contribution is -0.131. The van der Waals surface area contributed by atoms with Gasteiger partial charge in [-0.2, -0.15) is 0 Å². The third-order valence-corrected chi connectivity index (χ3v) is 3.02. The maximum atomic E-state index is 13.1. The molecule has 20 heavy (non-hydrogen) atoms. The summed E-state index contributed by atoms with van der Waals surface area (Å²) in [5.74, 6) is -1.71. The van der Waals surface area contributed by atoms with E-state index in [0.29, 0.717) is 13.1 Å². The molecule has 0 aliphatic carbocycles. The van der Waals surface area contributed by atoms with Gasteiger partial charge in [-0.3, -0.25) is 9.59 Å². The van der Waals surface area contributed by atoms with Crippen LogP contribution in [0.25, 0.3) is 0 Å². The van der Waals surface area contributed by atoms with Crippen molar-refractivity contribution in [3.8, 4) is 5.75 Å². The lowest BCUT2D eigenvalue weighted by Gasteiger charge is -2.23. The number of aromatic hydroxyl groups is 1. The van der Waals surface area contributed by atoms with Crippen LogP contribution in [-0.4, -0.2) is 53.4 Å². The molecule has 0 aliphatic rings. The molecule has 0 heterocycles. The van der Waals surface area contributed by atoms with Gasteiger partial charge in [0.15, 0.2) is 0 Å². The standard InChI is InChI=1S/C14H19FN2O3/c1-4-17(5-2)13(19)9-16(3)14(20)11-8-10(15)6-7-12(11)18/h6-8,18H,4-5,9H2,1-3H3. The Kier molecular flexibility index (Phi) is 5.49. The highest BCUT2D eigenvalue weighted by Gasteiger charge is 2.20. The molecule has 0 saturated heterocycles. The zero-order valence-corrected chi connectivity index (χ0v) is 11.9. The maximum absolute atomic E-state index is 13.1. The number of benzene rings is 1. The van der Waals surface area contributed by atoms with Gasteiger partial charge in [-0.1, -0.05) is 0 Å². The summed E-state index contributed by atoms with van der Waals surface area (Å²) in [5.41, 5.74) is -0.153. The zero-order valence-electron chi connectivity index (χ0n) is 11.9. The summed E-state index contributed by atoms with van der Waals surface area (Å²) in [4.78, 5) is 26.7. The molecule has 0 radical (unpaired) electrons. The Balaban J connectivity index is 2.82. The van der Waals surface area contributed by atoms with Crippen LogP contribution in [-0.2, 0) is 4.79 Å². The summed E-state index contributed by atoms with van der Waals surface area (Å²) in [7, 11) is 1.44. The van der Waals surface area contributed by atoms with Gasteiger partial charge in [0, 0.05) is 20.1 Å². The van der Waals surface area contributed by atoms with Gasteiger partial charge < -0.3 is 14.9 Å². The summed E-state index contributed by atoms with van der Waals surface area (Å²) in [5, 5.41) is 9.58. The number of phenolic OH excluding ortho intramolecular Hbond substituents is 1. The van der Waals surface area contributed by atoms with Crippen molar-refractivity contribution < 1.29 is 19.1 Å². The van der Waals surface area contributed by atoms with E-state index in [0.717, 1.165) is 23.1 Å². The number of nitrogens with zero attached hydrogens (tertiary/aromatic N) is 2. The lowest BCUT2D eigenvalue weighted by atomic mass is 10.1. The molecule has 1 aromatic rings. The van der Waals surface area contributed by atoms with Gasteiger partial charge in [0.1, 0.15) is 11.6 Å². The highest BCUT2D eigenvalue weighted by molar-refractivity contribution is 5.98. The molecule has 0 atom stereocenters. The summed E-state index contributed by atoms with van der Waals surface area (Å²) in [6.07, 6.45) is 0. The second kappa shape index (κ2) is 6.88. The molecule has 0 aliphatic heterocycles. The number of carbonyl (C=O) groups excluding carboxylic acids is 2. The van der Waals surface area contributed by atoms with Crippen LogP contribution < -0.4 is 0 Å². The Morgan fingerprint density at radius 1 is 1.25 bits per heavy atom. The van der Waals surface area contributed by atoms with E-state index in [1.54, 1.807) is 4.90 Å². The van der Waals surface area contributed by atoms with E-state index in [4.69, 9.17) is 0 Å². The fraction of sp³-hybridized carbons (Fsp3) is 0.429. The quantitative estimate of drug-likeness (QED) is 0.889. The van der Waals surface area contributed by atoms with E-state index in [-0.39, 0.29) is 23.8 Å². The van der Waals surface area contributed by atoms with Crippen LogP contribution in [0, 0.1) is 5.82 Å². The lowest BCUT2D eigenvalue weighted by Crippen LogP contribution is -2.41. The molecule has 0 spiro atoms. The molecule has 6 heteroatoms. The summed E-state index contributed by atoms with van der Waals surface area (Å²) < 4.78 is 13.1. The minimum atomic E-state index is -0.616. The Labute approximate surface area is 117 Å². The van der Waals surface area contributed by atoms with Crippen LogP contribution in [0.15, 0.2) is 18.2 Å². The largest absolute Gasteiger partial charge is 0.507 e. The number of rotatable bonds is 5. The zero-order chi connectivity index (χ0) is 15.3. The predicted octanol–water partition coefficient (Wildman–Crippen LogP) is 1.47. The first-order valence-electron chi connectivity index (χ1n) is 6.42. The fourth-order valence-corrected chi connectivity index (χ4v) is 1.84. The number of hydrogen-bond donors (Lipinski definition) is 1. The molecule has 1 aromatic carbocycles. The molecule has 0 fully saturated rings. The van der Waals surface area contributed by atoms with Crippen molar-refractivity contribution in [2.45, 2.75) is 13.8 Å². The van der Waals surface area contributed by atoms with Crippen molar-refractivity contribution in [1.82, 2.24) is 9.80 Å². The van der Waals surface area contributed by atoms with Crippen molar-refractivity contribution in [2.24, 2.45) is 0 Å². The molecular formula is C14H19FN2O3. The third-order valence-electron chi connectivity index (χ3n) is 3.02. The monoisotopic (exact) mass is 282 g/mol. The van der Waals surface area contributed by atoms with Gasteiger partial charge in [-0.25, -0.2) is 4.39 Å². The van der Waals surface area contributed by atoms with E-state index in [2.05, 4.69) is 0 Å². The molecule has 0 unspecified atom stereocenters. The van der Waals surface area contributed by atoms with Gasteiger partial charge in [-0.05, 0) is 32.0 Å². The number of likely N-dealkylation sites (N-methyl/N-ethyl adjacent to an activating group) is 2. The van der Waals surface area contributed by atoms with Gasteiger partial charge in [0.2, 0.25) is 5.91 Å². The topological polar surface area (TPSA) is 60.9 Å². The first-order chi connectivity index (χ1) is 9.40. The molecule has 5 nitrogen and oxygen atoms in total. The van der Waals surface area contributed by atoms with E-state index in [1.807, 2.05) is 13.8 Å². The Morgan fingerprint density at radius 2 is 1.85 bits per heavy atom. The number of amides is 2.